The number of aliphatic carboxylic acids is 1. The summed E-state index contributed by atoms with van der Waals surface area (Å²) in [7, 11) is -2.39. The third kappa shape index (κ3) is 3.56. The molecule has 1 aliphatic rings. The average molecular weight is 390 g/mol. The van der Waals surface area contributed by atoms with Gasteiger partial charge in [0.25, 0.3) is 0 Å². The number of amides is 1. The molecule has 4 N–H and O–H groups in total. The molecule has 1 heterocycles. The molecule has 1 fully saturated rings. The minimum atomic E-state index is -2.39. The van der Waals surface area contributed by atoms with E-state index in [1.54, 1.807) is 0 Å². The number of hydrogen-bond acceptors (Lipinski definition) is 5. The second-order valence-corrected chi connectivity index (χ2v) is 14.1. The Labute approximate surface area is 157 Å². The summed E-state index contributed by atoms with van der Waals surface area (Å²) in [6.45, 7) is 14.8. The van der Waals surface area contributed by atoms with Crippen LogP contribution in [0.3, 0.4) is 0 Å². The fourth-order valence-electron chi connectivity index (χ4n) is 3.45. The molecule has 0 radical (unpaired) electrons. The molecule has 0 aromatic carbocycles. The van der Waals surface area contributed by atoms with Gasteiger partial charge in [-0.05, 0) is 37.4 Å². The fraction of sp³-hybridized carbons (Fsp3) is 0.889. The van der Waals surface area contributed by atoms with Crippen molar-refractivity contribution in [2.45, 2.75) is 83.3 Å². The summed E-state index contributed by atoms with van der Waals surface area (Å²) in [4.78, 5) is 24.9. The lowest BCUT2D eigenvalue weighted by atomic mass is 9.70. The Morgan fingerprint density at radius 3 is 2.19 bits per heavy atom. The van der Waals surface area contributed by atoms with Crippen molar-refractivity contribution in [3.8, 4) is 0 Å². The number of carboxylic acids is 1. The van der Waals surface area contributed by atoms with E-state index in [0.717, 1.165) is 0 Å². The van der Waals surface area contributed by atoms with E-state index >= 15 is 0 Å². The van der Waals surface area contributed by atoms with Gasteiger partial charge in [-0.1, -0.05) is 34.6 Å². The Bertz CT molecular complexity index is 554. The van der Waals surface area contributed by atoms with Crippen LogP contribution < -0.4 is 5.32 Å². The Morgan fingerprint density at radius 1 is 1.35 bits per heavy atom. The van der Waals surface area contributed by atoms with E-state index in [1.807, 2.05) is 47.7 Å². The molecule has 0 aliphatic carbocycles. The molecule has 1 saturated heterocycles. The molecule has 0 spiro atoms. The first-order chi connectivity index (χ1) is 11.6. The SMILES string of the molecule is CC(C)[C@H](O[Si](C)(C)C(C)(C)C)[C@@]1(C(=O)O)NC(=O)[C@H](CCO)[C@]1(C)O. The highest BCUT2D eigenvalue weighted by Gasteiger charge is 2.70. The molecule has 0 aromatic heterocycles. The summed E-state index contributed by atoms with van der Waals surface area (Å²) in [6.07, 6.45) is -0.929. The number of rotatable bonds is 7. The van der Waals surface area contributed by atoms with Crippen molar-refractivity contribution >= 4 is 20.2 Å². The largest absolute Gasteiger partial charge is 0.479 e. The van der Waals surface area contributed by atoms with E-state index in [0.29, 0.717) is 0 Å². The topological polar surface area (TPSA) is 116 Å². The van der Waals surface area contributed by atoms with Crippen LogP contribution in [0.15, 0.2) is 0 Å². The molecule has 0 saturated carbocycles. The molecule has 0 aromatic rings. The zero-order valence-corrected chi connectivity index (χ0v) is 18.2. The van der Waals surface area contributed by atoms with Gasteiger partial charge in [-0.2, -0.15) is 0 Å². The first kappa shape index (κ1) is 23.1. The molecule has 8 heteroatoms. The van der Waals surface area contributed by atoms with Crippen LogP contribution in [0.4, 0.5) is 0 Å². The molecule has 1 rings (SSSR count). The van der Waals surface area contributed by atoms with Gasteiger partial charge in [0.15, 0.2) is 13.9 Å². The number of aliphatic hydroxyl groups excluding tert-OH is 1. The van der Waals surface area contributed by atoms with Crippen LogP contribution in [0.2, 0.25) is 18.1 Å². The van der Waals surface area contributed by atoms with Crippen LogP contribution in [0.5, 0.6) is 0 Å². The quantitative estimate of drug-likeness (QED) is 0.493. The smallest absolute Gasteiger partial charge is 0.335 e. The lowest BCUT2D eigenvalue weighted by molar-refractivity contribution is -0.169. The lowest BCUT2D eigenvalue weighted by Gasteiger charge is -2.49. The minimum Gasteiger partial charge on any atom is -0.479 e. The van der Waals surface area contributed by atoms with Gasteiger partial charge in [-0.3, -0.25) is 4.79 Å². The van der Waals surface area contributed by atoms with Crippen LogP contribution in [0.25, 0.3) is 0 Å². The summed E-state index contributed by atoms with van der Waals surface area (Å²) in [6, 6.07) is 0. The summed E-state index contributed by atoms with van der Waals surface area (Å²) in [5.41, 5.74) is -3.89. The van der Waals surface area contributed by atoms with Crippen LogP contribution in [0.1, 0.15) is 48.0 Å². The highest BCUT2D eigenvalue weighted by molar-refractivity contribution is 6.74. The van der Waals surface area contributed by atoms with E-state index in [2.05, 4.69) is 5.32 Å². The molecular formula is C18H35NO6Si. The van der Waals surface area contributed by atoms with Gasteiger partial charge in [-0.15, -0.1) is 0 Å². The minimum absolute atomic E-state index is 0.0151. The first-order valence-electron chi connectivity index (χ1n) is 9.12. The van der Waals surface area contributed by atoms with Gasteiger partial charge in [0, 0.05) is 6.61 Å². The van der Waals surface area contributed by atoms with Gasteiger partial charge >= 0.3 is 5.97 Å². The van der Waals surface area contributed by atoms with Gasteiger partial charge in [0.2, 0.25) is 5.91 Å². The molecule has 0 unspecified atom stereocenters. The fourth-order valence-corrected chi connectivity index (χ4v) is 4.89. The summed E-state index contributed by atoms with van der Waals surface area (Å²) < 4.78 is 6.44. The van der Waals surface area contributed by atoms with Crippen LogP contribution >= 0.6 is 0 Å². The normalized spacial score (nSPS) is 31.2. The third-order valence-electron chi connectivity index (χ3n) is 6.13. The van der Waals surface area contributed by atoms with E-state index in [4.69, 9.17) is 4.43 Å². The number of carbonyl (C=O) groups is 2. The highest BCUT2D eigenvalue weighted by atomic mass is 28.4. The van der Waals surface area contributed by atoms with E-state index in [-0.39, 0.29) is 24.0 Å². The van der Waals surface area contributed by atoms with Gasteiger partial charge in [0.05, 0.1) is 12.0 Å². The maximum Gasteiger partial charge on any atom is 0.335 e. The number of nitrogens with one attached hydrogen (secondary N) is 1. The van der Waals surface area contributed by atoms with Gasteiger partial charge in [0.1, 0.15) is 5.60 Å². The molecular weight excluding hydrogens is 354 g/mol. The molecule has 4 atom stereocenters. The Balaban J connectivity index is 3.53. The van der Waals surface area contributed by atoms with Gasteiger partial charge in [-0.25, -0.2) is 4.79 Å². The Hall–Kier alpha value is -0.963. The predicted molar refractivity (Wildman–Crippen MR) is 101 cm³/mol. The van der Waals surface area contributed by atoms with Gasteiger partial charge < -0.3 is 25.1 Å². The second-order valence-electron chi connectivity index (χ2n) is 9.36. The zero-order chi connectivity index (χ0) is 20.7. The van der Waals surface area contributed by atoms with Crippen molar-refractivity contribution in [3.63, 3.8) is 0 Å². The number of carbonyl (C=O) groups excluding carboxylic acids is 1. The number of carboxylic acid groups (broad SMARTS) is 1. The Morgan fingerprint density at radius 2 is 1.85 bits per heavy atom. The van der Waals surface area contributed by atoms with Crippen LogP contribution in [-0.2, 0) is 14.0 Å². The van der Waals surface area contributed by atoms with Crippen molar-refractivity contribution in [2.24, 2.45) is 11.8 Å². The molecule has 0 bridgehead atoms. The maximum atomic E-state index is 12.5. The van der Waals surface area contributed by atoms with Crippen molar-refractivity contribution in [3.05, 3.63) is 0 Å². The van der Waals surface area contributed by atoms with E-state index < -0.39 is 43.4 Å². The van der Waals surface area contributed by atoms with E-state index in [1.165, 1.54) is 6.92 Å². The number of hydrogen-bond donors (Lipinski definition) is 4. The first-order valence-corrected chi connectivity index (χ1v) is 12.0. The summed E-state index contributed by atoms with van der Waals surface area (Å²) in [5, 5.41) is 33.0. The van der Waals surface area contributed by atoms with Crippen molar-refractivity contribution in [2.75, 3.05) is 6.61 Å². The van der Waals surface area contributed by atoms with Crippen molar-refractivity contribution < 1.29 is 29.3 Å². The maximum absolute atomic E-state index is 12.5. The van der Waals surface area contributed by atoms with E-state index in [9.17, 15) is 24.9 Å². The zero-order valence-electron chi connectivity index (χ0n) is 17.2. The van der Waals surface area contributed by atoms with Crippen LogP contribution in [0, 0.1) is 11.8 Å². The average Bonchev–Trinajstić information content (AvgIpc) is 2.64. The third-order valence-corrected chi connectivity index (χ3v) is 10.6. The van der Waals surface area contributed by atoms with Crippen molar-refractivity contribution in [1.82, 2.24) is 5.32 Å². The molecule has 152 valence electrons. The lowest BCUT2D eigenvalue weighted by Crippen LogP contribution is -2.72. The second kappa shape index (κ2) is 7.22. The molecule has 1 aliphatic heterocycles. The summed E-state index contributed by atoms with van der Waals surface area (Å²) >= 11 is 0. The Kier molecular flexibility index (Phi) is 6.41. The summed E-state index contributed by atoms with van der Waals surface area (Å²) in [5.74, 6) is -3.18. The number of aliphatic hydroxyl groups is 2. The molecule has 1 amide bonds. The van der Waals surface area contributed by atoms with Crippen molar-refractivity contribution in [1.29, 1.82) is 0 Å². The standard InChI is InChI=1S/C18H35NO6Si/c1-11(2)13(25-26(7,8)16(3,4)5)18(15(22)23)17(6,24)12(9-10-20)14(21)19-18/h11-13,20,24H,9-10H2,1-8H3,(H,19,21)(H,22,23)/t12-,13-,17-,18-/m0/s1. The molecule has 26 heavy (non-hydrogen) atoms. The molecule has 7 nitrogen and oxygen atoms in total. The van der Waals surface area contributed by atoms with Crippen LogP contribution in [-0.4, -0.2) is 59.4 Å². The highest BCUT2D eigenvalue weighted by Crippen LogP contribution is 2.46. The predicted octanol–water partition coefficient (Wildman–Crippen LogP) is 1.74. The monoisotopic (exact) mass is 389 g/mol.